The van der Waals surface area contributed by atoms with Crippen molar-refractivity contribution in [3.8, 4) is 0 Å². The first-order valence-corrected chi connectivity index (χ1v) is 3.71. The fourth-order valence-corrected chi connectivity index (χ4v) is 0.854. The number of rotatable bonds is 4. The van der Waals surface area contributed by atoms with E-state index >= 15 is 0 Å². The molecule has 0 aromatic carbocycles. The maximum absolute atomic E-state index is 10.3. The van der Waals surface area contributed by atoms with E-state index in [2.05, 4.69) is 9.97 Å². The topological polar surface area (TPSA) is 150 Å². The molecule has 4 N–H and O–H groups in total. The summed E-state index contributed by atoms with van der Waals surface area (Å²) in [6, 6.07) is 0. The monoisotopic (exact) mass is 217 g/mol. The number of aliphatic hydroxyl groups is 2. The second kappa shape index (κ2) is 4.02. The van der Waals surface area contributed by atoms with Crippen LogP contribution in [-0.4, -0.2) is 42.3 Å². The van der Waals surface area contributed by atoms with Gasteiger partial charge in [-0.05, 0) is 4.92 Å². The summed E-state index contributed by atoms with van der Waals surface area (Å²) in [7, 11) is 0. The van der Waals surface area contributed by atoms with E-state index in [0.717, 1.165) is 6.20 Å². The Morgan fingerprint density at radius 1 is 1.60 bits per heavy atom. The average Bonchev–Trinajstić information content (AvgIpc) is 2.64. The Kier molecular flexibility index (Phi) is 2.97. The van der Waals surface area contributed by atoms with Crippen LogP contribution in [0.4, 0.5) is 5.82 Å². The molecule has 1 aromatic rings. The molecule has 82 valence electrons. The molecule has 0 amide bonds. The predicted molar refractivity (Wildman–Crippen MR) is 43.8 cm³/mol. The molecule has 9 heteroatoms. The molecule has 0 aliphatic heterocycles. The minimum atomic E-state index is -2.09. The average molecular weight is 217 g/mol. The molecule has 15 heavy (non-hydrogen) atoms. The van der Waals surface area contributed by atoms with Gasteiger partial charge in [-0.2, -0.15) is 0 Å². The lowest BCUT2D eigenvalue weighted by atomic mass is 10.2. The third-order valence-electron chi connectivity index (χ3n) is 1.61. The van der Waals surface area contributed by atoms with E-state index in [-0.39, 0.29) is 5.82 Å². The zero-order valence-electron chi connectivity index (χ0n) is 7.19. The highest BCUT2D eigenvalue weighted by Gasteiger charge is 2.30. The lowest BCUT2D eigenvalue weighted by Crippen LogP contribution is -2.28. The van der Waals surface area contributed by atoms with Crippen molar-refractivity contribution in [3.63, 3.8) is 0 Å². The van der Waals surface area contributed by atoms with Crippen LogP contribution in [0.1, 0.15) is 11.9 Å². The molecule has 2 unspecified atom stereocenters. The summed E-state index contributed by atoms with van der Waals surface area (Å²) in [5.41, 5.74) is 0. The maximum Gasteiger partial charge on any atom is 0.340 e. The first kappa shape index (κ1) is 11.1. The molecule has 0 bridgehead atoms. The number of aliphatic carboxylic acids is 1. The SMILES string of the molecule is O=C(O)C(O)C(O)c1ncc([N+](=O)[O-])[nH]1. The molecule has 0 spiro atoms. The van der Waals surface area contributed by atoms with E-state index < -0.39 is 28.9 Å². The van der Waals surface area contributed by atoms with Gasteiger partial charge in [-0.1, -0.05) is 0 Å². The smallest absolute Gasteiger partial charge is 0.340 e. The Morgan fingerprint density at radius 3 is 2.60 bits per heavy atom. The van der Waals surface area contributed by atoms with Gasteiger partial charge < -0.3 is 25.4 Å². The van der Waals surface area contributed by atoms with Gasteiger partial charge in [0.2, 0.25) is 5.82 Å². The van der Waals surface area contributed by atoms with Crippen LogP contribution in [0.15, 0.2) is 6.20 Å². The molecule has 1 heterocycles. The molecule has 0 aliphatic rings. The Balaban J connectivity index is 2.87. The number of carboxylic acids is 1. The summed E-state index contributed by atoms with van der Waals surface area (Å²) < 4.78 is 0. The number of carbonyl (C=O) groups is 1. The first-order chi connectivity index (χ1) is 6.93. The lowest BCUT2D eigenvalue weighted by molar-refractivity contribution is -0.389. The number of nitro groups is 1. The number of hydrogen-bond donors (Lipinski definition) is 4. The van der Waals surface area contributed by atoms with Crippen LogP contribution in [-0.2, 0) is 4.79 Å². The van der Waals surface area contributed by atoms with Crippen LogP contribution >= 0.6 is 0 Å². The summed E-state index contributed by atoms with van der Waals surface area (Å²) in [4.78, 5) is 25.1. The van der Waals surface area contributed by atoms with Gasteiger partial charge >= 0.3 is 11.8 Å². The van der Waals surface area contributed by atoms with E-state index in [1.165, 1.54) is 0 Å². The van der Waals surface area contributed by atoms with E-state index in [9.17, 15) is 20.0 Å². The van der Waals surface area contributed by atoms with Crippen LogP contribution in [0.3, 0.4) is 0 Å². The van der Waals surface area contributed by atoms with Crippen LogP contribution in [0.2, 0.25) is 0 Å². The van der Waals surface area contributed by atoms with Gasteiger partial charge in [-0.25, -0.2) is 14.8 Å². The molecular formula is C6H7N3O6. The van der Waals surface area contributed by atoms with Gasteiger partial charge in [0.1, 0.15) is 6.20 Å². The molecule has 1 rings (SSSR count). The van der Waals surface area contributed by atoms with Crippen molar-refractivity contribution >= 4 is 11.8 Å². The number of aromatic amines is 1. The Labute approximate surface area is 82.2 Å². The molecule has 0 saturated carbocycles. The van der Waals surface area contributed by atoms with Crippen molar-refractivity contribution in [1.82, 2.24) is 9.97 Å². The van der Waals surface area contributed by atoms with E-state index in [1.807, 2.05) is 0 Å². The van der Waals surface area contributed by atoms with Crippen molar-refractivity contribution in [3.05, 3.63) is 22.1 Å². The summed E-state index contributed by atoms with van der Waals surface area (Å²) in [6.45, 7) is 0. The molecule has 0 saturated heterocycles. The Morgan fingerprint density at radius 2 is 2.20 bits per heavy atom. The number of nitrogens with zero attached hydrogens (tertiary/aromatic N) is 2. The highest BCUT2D eigenvalue weighted by Crippen LogP contribution is 2.16. The number of aromatic nitrogens is 2. The zero-order chi connectivity index (χ0) is 11.6. The van der Waals surface area contributed by atoms with Crippen molar-refractivity contribution in [2.75, 3.05) is 0 Å². The summed E-state index contributed by atoms with van der Waals surface area (Å²) >= 11 is 0. The summed E-state index contributed by atoms with van der Waals surface area (Å²) in [5.74, 6) is -2.53. The zero-order valence-corrected chi connectivity index (χ0v) is 7.19. The molecule has 1 aromatic heterocycles. The molecule has 0 fully saturated rings. The molecule has 9 nitrogen and oxygen atoms in total. The molecule has 0 aliphatic carbocycles. The van der Waals surface area contributed by atoms with Gasteiger partial charge in [-0.15, -0.1) is 0 Å². The fraction of sp³-hybridized carbons (Fsp3) is 0.333. The van der Waals surface area contributed by atoms with E-state index in [1.54, 1.807) is 0 Å². The highest BCUT2D eigenvalue weighted by atomic mass is 16.6. The van der Waals surface area contributed by atoms with Gasteiger partial charge in [0.25, 0.3) is 0 Å². The number of carboxylic acid groups (broad SMARTS) is 1. The minimum absolute atomic E-state index is 0.378. The Hall–Kier alpha value is -2.00. The van der Waals surface area contributed by atoms with Crippen molar-refractivity contribution in [2.24, 2.45) is 0 Å². The molecular weight excluding hydrogens is 210 g/mol. The van der Waals surface area contributed by atoms with Gasteiger partial charge in [-0.3, -0.25) is 0 Å². The number of imidazole rings is 1. The van der Waals surface area contributed by atoms with Crippen LogP contribution < -0.4 is 0 Å². The number of H-pyrrole nitrogens is 1. The van der Waals surface area contributed by atoms with Gasteiger partial charge in [0, 0.05) is 0 Å². The third kappa shape index (κ3) is 2.27. The normalized spacial score (nSPS) is 14.5. The second-order valence-electron chi connectivity index (χ2n) is 2.64. The second-order valence-corrected chi connectivity index (χ2v) is 2.64. The highest BCUT2D eigenvalue weighted by molar-refractivity contribution is 5.72. The minimum Gasteiger partial charge on any atom is -0.479 e. The number of aliphatic hydroxyl groups excluding tert-OH is 2. The van der Waals surface area contributed by atoms with Crippen LogP contribution in [0.5, 0.6) is 0 Å². The maximum atomic E-state index is 10.3. The van der Waals surface area contributed by atoms with Crippen molar-refractivity contribution < 1.29 is 25.0 Å². The third-order valence-corrected chi connectivity index (χ3v) is 1.61. The quantitative estimate of drug-likeness (QED) is 0.365. The van der Waals surface area contributed by atoms with E-state index in [4.69, 9.17) is 10.2 Å². The van der Waals surface area contributed by atoms with Crippen LogP contribution in [0, 0.1) is 10.1 Å². The van der Waals surface area contributed by atoms with Crippen molar-refractivity contribution in [2.45, 2.75) is 12.2 Å². The Bertz CT molecular complexity index is 388. The number of nitrogens with one attached hydrogen (secondary N) is 1. The van der Waals surface area contributed by atoms with Crippen molar-refractivity contribution in [1.29, 1.82) is 0 Å². The molecule has 0 radical (unpaired) electrons. The lowest BCUT2D eigenvalue weighted by Gasteiger charge is -2.08. The largest absolute Gasteiger partial charge is 0.479 e. The molecule has 2 atom stereocenters. The summed E-state index contributed by atoms with van der Waals surface area (Å²) in [5, 5.41) is 36.7. The standard InChI is InChI=1S/C6H7N3O6/c10-3(4(11)6(12)13)5-7-1-2(8-5)9(14)15/h1,3-4,10-11H,(H,7,8)(H,12,13). The summed E-state index contributed by atoms with van der Waals surface area (Å²) in [6.07, 6.45) is -3.11. The van der Waals surface area contributed by atoms with Gasteiger partial charge in [0.15, 0.2) is 12.2 Å². The predicted octanol–water partition coefficient (Wildman–Crippen LogP) is -1.20. The van der Waals surface area contributed by atoms with Gasteiger partial charge in [0.05, 0.1) is 0 Å². The first-order valence-electron chi connectivity index (χ1n) is 3.71. The van der Waals surface area contributed by atoms with E-state index in [0.29, 0.717) is 0 Å². The fourth-order valence-electron chi connectivity index (χ4n) is 0.854. The number of hydrogen-bond acceptors (Lipinski definition) is 6. The van der Waals surface area contributed by atoms with Crippen LogP contribution in [0.25, 0.3) is 0 Å².